The second-order valence-electron chi connectivity index (χ2n) is 1.64. The van der Waals surface area contributed by atoms with Gasteiger partial charge in [0.05, 0.1) is 0 Å². The van der Waals surface area contributed by atoms with Crippen molar-refractivity contribution < 1.29 is 0 Å². The van der Waals surface area contributed by atoms with E-state index in [-0.39, 0.29) is 0 Å². The summed E-state index contributed by atoms with van der Waals surface area (Å²) in [6.07, 6.45) is 0. The monoisotopic (exact) mass is 222 g/mol. The van der Waals surface area contributed by atoms with E-state index in [4.69, 9.17) is 23.2 Å². The van der Waals surface area contributed by atoms with Crippen molar-refractivity contribution >= 4 is 44.4 Å². The molecule has 3 heteroatoms. The Kier molecular flexibility index (Phi) is 2.46. The van der Waals surface area contributed by atoms with Gasteiger partial charge in [-0.2, -0.15) is 0 Å². The Labute approximate surface area is 72.7 Å². The number of rotatable bonds is 0. The Morgan fingerprint density at radius 3 is 2.33 bits per heavy atom. The topological polar surface area (TPSA) is 0 Å². The van der Waals surface area contributed by atoms with Gasteiger partial charge >= 0.3 is 72.7 Å². The summed E-state index contributed by atoms with van der Waals surface area (Å²) in [6, 6.07) is 5.63. The average molecular weight is 223 g/mol. The minimum absolute atomic E-state index is 0.638. The van der Waals surface area contributed by atoms with Crippen molar-refractivity contribution in [2.24, 2.45) is 0 Å². The van der Waals surface area contributed by atoms with Crippen LogP contribution in [0.15, 0.2) is 18.2 Å². The summed E-state index contributed by atoms with van der Waals surface area (Å²) in [5.74, 6) is 0. The van der Waals surface area contributed by atoms with Crippen LogP contribution >= 0.6 is 23.2 Å². The molecule has 0 aliphatic rings. The fraction of sp³-hybridized carbons (Fsp3) is 0. The van der Waals surface area contributed by atoms with E-state index in [1.54, 1.807) is 6.07 Å². The van der Waals surface area contributed by atoms with Gasteiger partial charge in [0.1, 0.15) is 0 Å². The molecule has 1 rings (SSSR count). The molecule has 9 heavy (non-hydrogen) atoms. The molecule has 0 amide bonds. The zero-order chi connectivity index (χ0) is 6.85. The zero-order valence-electron chi connectivity index (χ0n) is 4.57. The van der Waals surface area contributed by atoms with Gasteiger partial charge in [-0.15, -0.1) is 0 Å². The van der Waals surface area contributed by atoms with Crippen molar-refractivity contribution in [3.63, 3.8) is 0 Å². The fourth-order valence-corrected chi connectivity index (χ4v) is 1.58. The zero-order valence-corrected chi connectivity index (χ0v) is 8.50. The van der Waals surface area contributed by atoms with E-state index in [0.29, 0.717) is 10.0 Å². The molecule has 0 saturated heterocycles. The van der Waals surface area contributed by atoms with Crippen LogP contribution in [0.4, 0.5) is 0 Å². The molecule has 1 atom stereocenters. The summed E-state index contributed by atoms with van der Waals surface area (Å²) >= 11 is 12.9. The second-order valence-corrected chi connectivity index (χ2v) is 3.73. The maximum absolute atomic E-state index is 5.76. The van der Waals surface area contributed by atoms with Crippen LogP contribution in [0.25, 0.3) is 0 Å². The average Bonchev–Trinajstić information content (AvgIpc) is 1.83. The summed E-state index contributed by atoms with van der Waals surface area (Å²) in [5.41, 5.74) is 0. The van der Waals surface area contributed by atoms with Gasteiger partial charge < -0.3 is 0 Å². The van der Waals surface area contributed by atoms with Crippen LogP contribution in [0.3, 0.4) is 0 Å². The molecule has 48 valence electrons. The molecule has 0 bridgehead atoms. The van der Waals surface area contributed by atoms with Gasteiger partial charge in [-0.3, -0.25) is 0 Å². The fourth-order valence-electron chi connectivity index (χ4n) is 0.520. The van der Waals surface area contributed by atoms with E-state index in [0.717, 1.165) is 4.35 Å². The Balaban J connectivity index is 3.25. The van der Waals surface area contributed by atoms with Crippen LogP contribution in [0.5, 0.6) is 0 Å². The van der Waals surface area contributed by atoms with Crippen LogP contribution in [0, 0.1) is 0 Å². The normalized spacial score (nSPS) is 9.67. The first-order chi connectivity index (χ1) is 4.22. The molecule has 0 saturated carbocycles. The van der Waals surface area contributed by atoms with E-state index in [9.17, 15) is 0 Å². The number of hydrogen-bond donors (Lipinski definition) is 0. The van der Waals surface area contributed by atoms with Crippen molar-refractivity contribution in [1.29, 1.82) is 0 Å². The van der Waals surface area contributed by atoms with E-state index in [1.165, 1.54) is 16.9 Å². The Bertz CT molecular complexity index is 202. The van der Waals surface area contributed by atoms with Gasteiger partial charge in [0.25, 0.3) is 0 Å². The SMILES string of the molecule is Clc1cccc([AsH2])c1Cl. The van der Waals surface area contributed by atoms with Crippen molar-refractivity contribution in [2.45, 2.75) is 0 Å². The molecule has 0 radical (unpaired) electrons. The summed E-state index contributed by atoms with van der Waals surface area (Å²) in [5, 5.41) is 1.32. The van der Waals surface area contributed by atoms with Crippen LogP contribution in [-0.4, -0.2) is 16.9 Å². The summed E-state index contributed by atoms with van der Waals surface area (Å²) in [4.78, 5) is 0. The molecule has 0 aromatic heterocycles. The first-order valence-electron chi connectivity index (χ1n) is 2.41. The van der Waals surface area contributed by atoms with Gasteiger partial charge in [0.15, 0.2) is 0 Å². The van der Waals surface area contributed by atoms with Crippen LogP contribution in [0.2, 0.25) is 10.0 Å². The van der Waals surface area contributed by atoms with Crippen LogP contribution < -0.4 is 4.35 Å². The van der Waals surface area contributed by atoms with Crippen molar-refractivity contribution in [2.75, 3.05) is 0 Å². The molecule has 0 fully saturated rings. The first-order valence-corrected chi connectivity index (χ1v) is 4.38. The predicted molar refractivity (Wildman–Crippen MR) is 44.6 cm³/mol. The maximum atomic E-state index is 5.76. The van der Waals surface area contributed by atoms with E-state index < -0.39 is 0 Å². The predicted octanol–water partition coefficient (Wildman–Crippen LogP) is 1.25. The third kappa shape index (κ3) is 1.64. The third-order valence-electron chi connectivity index (χ3n) is 0.981. The number of hydrogen-bond acceptors (Lipinski definition) is 0. The molecule has 1 aromatic carbocycles. The number of benzene rings is 1. The number of halogens is 2. The molecule has 0 nitrogen and oxygen atoms in total. The quantitative estimate of drug-likeness (QED) is 0.580. The van der Waals surface area contributed by atoms with Gasteiger partial charge in [0, 0.05) is 0 Å². The molecule has 0 heterocycles. The molecule has 0 N–H and O–H groups in total. The summed E-state index contributed by atoms with van der Waals surface area (Å²) in [7, 11) is 0. The van der Waals surface area contributed by atoms with Gasteiger partial charge in [-0.25, -0.2) is 0 Å². The van der Waals surface area contributed by atoms with Crippen LogP contribution in [0.1, 0.15) is 0 Å². The van der Waals surface area contributed by atoms with Crippen molar-refractivity contribution in [3.8, 4) is 0 Å². The Morgan fingerprint density at radius 2 is 1.89 bits per heavy atom. The standard InChI is InChI=1S/C6H5AsCl2/c7-4-2-1-3-5(8)6(4)9/h1-3H,7H2. The molecule has 1 unspecified atom stereocenters. The van der Waals surface area contributed by atoms with Crippen LogP contribution in [-0.2, 0) is 0 Å². The molecule has 0 aliphatic heterocycles. The third-order valence-corrected chi connectivity index (χ3v) is 3.21. The Morgan fingerprint density at radius 1 is 1.22 bits per heavy atom. The first kappa shape index (κ1) is 7.47. The van der Waals surface area contributed by atoms with E-state index in [1.807, 2.05) is 12.1 Å². The van der Waals surface area contributed by atoms with Gasteiger partial charge in [-0.1, -0.05) is 0 Å². The van der Waals surface area contributed by atoms with Crippen molar-refractivity contribution in [3.05, 3.63) is 28.2 Å². The molecule has 1 aromatic rings. The second kappa shape index (κ2) is 2.96. The Hall–Kier alpha value is 0.358. The summed E-state index contributed by atoms with van der Waals surface area (Å²) < 4.78 is 1.08. The van der Waals surface area contributed by atoms with Gasteiger partial charge in [-0.05, 0) is 0 Å². The summed E-state index contributed by atoms with van der Waals surface area (Å²) in [6.45, 7) is 0. The van der Waals surface area contributed by atoms with Gasteiger partial charge in [0.2, 0.25) is 0 Å². The van der Waals surface area contributed by atoms with E-state index >= 15 is 0 Å². The van der Waals surface area contributed by atoms with Crippen molar-refractivity contribution in [1.82, 2.24) is 0 Å². The molecular weight excluding hydrogens is 218 g/mol. The molecular formula is C6H5AsCl2. The minimum atomic E-state index is 0.638. The molecule has 0 aliphatic carbocycles. The molecule has 0 spiro atoms. The van der Waals surface area contributed by atoms with E-state index in [2.05, 4.69) is 0 Å².